The van der Waals surface area contributed by atoms with Crippen molar-refractivity contribution in [2.24, 2.45) is 0 Å². The highest BCUT2D eigenvalue weighted by Crippen LogP contribution is 2.42. The van der Waals surface area contributed by atoms with Crippen molar-refractivity contribution in [3.63, 3.8) is 0 Å². The van der Waals surface area contributed by atoms with Crippen molar-refractivity contribution >= 4 is 11.9 Å². The first kappa shape index (κ1) is 19.7. The van der Waals surface area contributed by atoms with E-state index in [2.05, 4.69) is 0 Å². The number of carbonyl (C=O) groups is 2. The zero-order valence-corrected chi connectivity index (χ0v) is 16.4. The van der Waals surface area contributed by atoms with E-state index < -0.39 is 11.4 Å². The smallest absolute Gasteiger partial charge is 0.326 e. The van der Waals surface area contributed by atoms with Gasteiger partial charge in [-0.3, -0.25) is 9.59 Å². The predicted octanol–water partition coefficient (Wildman–Crippen LogP) is 2.94. The van der Waals surface area contributed by atoms with Gasteiger partial charge in [-0.15, -0.1) is 0 Å². The Hall–Kier alpha value is -3.02. The predicted molar refractivity (Wildman–Crippen MR) is 104 cm³/mol. The highest BCUT2D eigenvalue weighted by atomic mass is 16.5. The van der Waals surface area contributed by atoms with E-state index in [4.69, 9.17) is 14.2 Å². The van der Waals surface area contributed by atoms with Crippen LogP contribution in [-0.4, -0.2) is 44.7 Å². The molecule has 2 aromatic rings. The third-order valence-corrected chi connectivity index (χ3v) is 5.25. The van der Waals surface area contributed by atoms with E-state index >= 15 is 0 Å². The Balaban J connectivity index is 2.06. The second-order valence-corrected chi connectivity index (χ2v) is 6.78. The third-order valence-electron chi connectivity index (χ3n) is 5.25. The van der Waals surface area contributed by atoms with Gasteiger partial charge in [0.2, 0.25) is 5.91 Å². The minimum absolute atomic E-state index is 0.266. The maximum absolute atomic E-state index is 13.6. The highest BCUT2D eigenvalue weighted by molar-refractivity contribution is 6.09. The molecule has 6 nitrogen and oxygen atoms in total. The van der Waals surface area contributed by atoms with Gasteiger partial charge in [0.15, 0.2) is 5.41 Å². The average molecular weight is 383 g/mol. The van der Waals surface area contributed by atoms with E-state index in [9.17, 15) is 9.59 Å². The lowest BCUT2D eigenvalue weighted by Crippen LogP contribution is -2.55. The molecule has 6 heteroatoms. The van der Waals surface area contributed by atoms with Crippen LogP contribution in [0, 0.1) is 0 Å². The number of amides is 1. The number of benzene rings is 2. The van der Waals surface area contributed by atoms with Gasteiger partial charge in [0, 0.05) is 24.7 Å². The molecule has 2 aromatic carbocycles. The van der Waals surface area contributed by atoms with E-state index in [1.54, 1.807) is 30.2 Å². The molecule has 0 spiro atoms. The minimum Gasteiger partial charge on any atom is -0.497 e. The van der Waals surface area contributed by atoms with Crippen molar-refractivity contribution in [3.05, 3.63) is 59.7 Å². The first-order valence-electron chi connectivity index (χ1n) is 9.21. The molecular formula is C22H25NO5. The minimum atomic E-state index is -1.43. The zero-order valence-electron chi connectivity index (χ0n) is 16.4. The number of nitrogens with zero attached hydrogens (tertiary/aromatic N) is 1. The zero-order chi connectivity index (χ0) is 20.1. The summed E-state index contributed by atoms with van der Waals surface area (Å²) < 4.78 is 15.9. The summed E-state index contributed by atoms with van der Waals surface area (Å²) in [5, 5.41) is 0. The van der Waals surface area contributed by atoms with Gasteiger partial charge in [-0.1, -0.05) is 30.3 Å². The molecule has 3 rings (SSSR count). The molecule has 1 fully saturated rings. The molecule has 1 aliphatic rings. The Morgan fingerprint density at radius 2 is 1.82 bits per heavy atom. The topological polar surface area (TPSA) is 65.1 Å². The summed E-state index contributed by atoms with van der Waals surface area (Å²) in [7, 11) is 4.37. The van der Waals surface area contributed by atoms with Crippen LogP contribution in [0.3, 0.4) is 0 Å². The Labute approximate surface area is 165 Å². The maximum Gasteiger partial charge on any atom is 0.326 e. The van der Waals surface area contributed by atoms with Gasteiger partial charge >= 0.3 is 5.97 Å². The van der Waals surface area contributed by atoms with Crippen molar-refractivity contribution in [1.82, 2.24) is 4.90 Å². The third kappa shape index (κ3) is 3.42. The summed E-state index contributed by atoms with van der Waals surface area (Å²) >= 11 is 0. The van der Waals surface area contributed by atoms with Gasteiger partial charge in [0.1, 0.15) is 11.5 Å². The number of hydrogen-bond acceptors (Lipinski definition) is 5. The van der Waals surface area contributed by atoms with Crippen LogP contribution in [0.1, 0.15) is 24.0 Å². The quantitative estimate of drug-likeness (QED) is 0.567. The number of esters is 1. The van der Waals surface area contributed by atoms with Crippen LogP contribution in [-0.2, 0) is 26.3 Å². The molecule has 1 heterocycles. The van der Waals surface area contributed by atoms with E-state index in [1.807, 2.05) is 30.3 Å². The van der Waals surface area contributed by atoms with E-state index in [0.717, 1.165) is 5.56 Å². The number of ether oxygens (including phenoxy) is 3. The molecule has 0 aromatic heterocycles. The monoisotopic (exact) mass is 383 g/mol. The number of piperidine rings is 1. The maximum atomic E-state index is 13.6. The highest BCUT2D eigenvalue weighted by Gasteiger charge is 2.54. The van der Waals surface area contributed by atoms with Crippen molar-refractivity contribution in [2.45, 2.75) is 24.8 Å². The molecule has 1 aliphatic heterocycles. The molecule has 0 saturated carbocycles. The van der Waals surface area contributed by atoms with E-state index in [-0.39, 0.29) is 5.91 Å². The first-order chi connectivity index (χ1) is 13.6. The lowest BCUT2D eigenvalue weighted by atomic mass is 9.72. The Kier molecular flexibility index (Phi) is 5.87. The van der Waals surface area contributed by atoms with Gasteiger partial charge in [0.05, 0.1) is 21.3 Å². The Morgan fingerprint density at radius 3 is 2.46 bits per heavy atom. The van der Waals surface area contributed by atoms with Crippen LogP contribution in [0.15, 0.2) is 48.5 Å². The van der Waals surface area contributed by atoms with Crippen LogP contribution < -0.4 is 9.47 Å². The van der Waals surface area contributed by atoms with Crippen molar-refractivity contribution in [3.8, 4) is 11.5 Å². The summed E-state index contributed by atoms with van der Waals surface area (Å²) in [6.45, 7) is 1.03. The molecule has 1 atom stereocenters. The van der Waals surface area contributed by atoms with Crippen LogP contribution in [0.4, 0.5) is 0 Å². The SMILES string of the molecule is COC(=O)C1(c2ccc(OC)cc2OC)CCCN(Cc2ccccc2)C1=O. The van der Waals surface area contributed by atoms with Gasteiger partial charge in [-0.2, -0.15) is 0 Å². The van der Waals surface area contributed by atoms with Crippen molar-refractivity contribution < 1.29 is 23.8 Å². The normalized spacial score (nSPS) is 19.2. The van der Waals surface area contributed by atoms with Gasteiger partial charge in [-0.05, 0) is 30.5 Å². The largest absolute Gasteiger partial charge is 0.497 e. The Bertz CT molecular complexity index is 851. The van der Waals surface area contributed by atoms with Crippen LogP contribution in [0.2, 0.25) is 0 Å². The first-order valence-corrected chi connectivity index (χ1v) is 9.21. The summed E-state index contributed by atoms with van der Waals surface area (Å²) in [4.78, 5) is 28.3. The van der Waals surface area contributed by atoms with Crippen LogP contribution in [0.25, 0.3) is 0 Å². The fourth-order valence-electron chi connectivity index (χ4n) is 3.84. The van der Waals surface area contributed by atoms with Gasteiger partial charge in [0.25, 0.3) is 0 Å². The molecular weight excluding hydrogens is 358 g/mol. The fourth-order valence-corrected chi connectivity index (χ4v) is 3.84. The number of likely N-dealkylation sites (tertiary alicyclic amines) is 1. The standard InChI is InChI=1S/C22H25NO5/c1-26-17-10-11-18(19(14-17)27-2)22(21(25)28-3)12-7-13-23(20(22)24)15-16-8-5-4-6-9-16/h4-6,8-11,14H,7,12-13,15H2,1-3H3. The number of methoxy groups -OCH3 is 3. The van der Waals surface area contributed by atoms with Crippen LogP contribution in [0.5, 0.6) is 11.5 Å². The summed E-state index contributed by atoms with van der Waals surface area (Å²) in [5.41, 5.74) is 0.0861. The molecule has 0 N–H and O–H groups in total. The number of rotatable bonds is 6. The van der Waals surface area contributed by atoms with Crippen molar-refractivity contribution in [1.29, 1.82) is 0 Å². The molecule has 0 radical (unpaired) electrons. The molecule has 1 saturated heterocycles. The van der Waals surface area contributed by atoms with E-state index in [1.165, 1.54) is 14.2 Å². The molecule has 0 aliphatic carbocycles. The van der Waals surface area contributed by atoms with Crippen molar-refractivity contribution in [2.75, 3.05) is 27.9 Å². The molecule has 28 heavy (non-hydrogen) atoms. The summed E-state index contributed by atoms with van der Waals surface area (Å²) in [6.07, 6.45) is 1.05. The average Bonchev–Trinajstić information content (AvgIpc) is 2.75. The molecule has 1 amide bonds. The Morgan fingerprint density at radius 1 is 1.07 bits per heavy atom. The fraction of sp³-hybridized carbons (Fsp3) is 0.364. The van der Waals surface area contributed by atoms with Gasteiger partial charge < -0.3 is 19.1 Å². The van der Waals surface area contributed by atoms with E-state index in [0.29, 0.717) is 43.0 Å². The van der Waals surface area contributed by atoms with Gasteiger partial charge in [-0.25, -0.2) is 0 Å². The molecule has 1 unspecified atom stereocenters. The summed E-state index contributed by atoms with van der Waals surface area (Å²) in [5.74, 6) is 0.182. The number of hydrogen-bond donors (Lipinski definition) is 0. The second kappa shape index (κ2) is 8.33. The molecule has 0 bridgehead atoms. The number of carbonyl (C=O) groups excluding carboxylic acids is 2. The van der Waals surface area contributed by atoms with Crippen LogP contribution >= 0.6 is 0 Å². The lowest BCUT2D eigenvalue weighted by molar-refractivity contribution is -0.160. The molecule has 148 valence electrons. The summed E-state index contributed by atoms with van der Waals surface area (Å²) in [6, 6.07) is 14.9. The second-order valence-electron chi connectivity index (χ2n) is 6.78. The lowest BCUT2D eigenvalue weighted by Gasteiger charge is -2.40.